The summed E-state index contributed by atoms with van der Waals surface area (Å²) in [5.74, 6) is -1.29. The summed E-state index contributed by atoms with van der Waals surface area (Å²) >= 11 is 1.33. The van der Waals surface area contributed by atoms with Crippen molar-refractivity contribution in [1.82, 2.24) is 4.98 Å². The molecule has 1 amide bonds. The van der Waals surface area contributed by atoms with E-state index in [1.165, 1.54) is 28.6 Å². The van der Waals surface area contributed by atoms with E-state index in [4.69, 9.17) is 9.15 Å². The van der Waals surface area contributed by atoms with E-state index < -0.39 is 23.5 Å². The molecule has 8 heteroatoms. The number of ketones is 1. The summed E-state index contributed by atoms with van der Waals surface area (Å²) in [5, 5.41) is 11.4. The molecule has 1 aliphatic heterocycles. The van der Waals surface area contributed by atoms with Gasteiger partial charge in [-0.15, -0.1) is 0 Å². The van der Waals surface area contributed by atoms with Gasteiger partial charge in [0.15, 0.2) is 16.7 Å². The first-order valence-corrected chi connectivity index (χ1v) is 12.8. The minimum absolute atomic E-state index is 0.0302. The molecule has 2 aromatic heterocycles. The van der Waals surface area contributed by atoms with Gasteiger partial charge in [0.05, 0.1) is 28.1 Å². The molecule has 1 N–H and O–H groups in total. The van der Waals surface area contributed by atoms with Crippen LogP contribution in [0.5, 0.6) is 5.75 Å². The number of furan rings is 1. The lowest BCUT2D eigenvalue weighted by Gasteiger charge is -2.24. The van der Waals surface area contributed by atoms with Crippen molar-refractivity contribution in [2.24, 2.45) is 0 Å². The smallest absolute Gasteiger partial charge is 0.296 e. The zero-order valence-corrected chi connectivity index (χ0v) is 21.1. The minimum atomic E-state index is -0.929. The number of Topliss-reactive ketones (excluding diaryl/α,β-unsaturated/α-hetero) is 1. The summed E-state index contributed by atoms with van der Waals surface area (Å²) in [4.78, 5) is 33.0. The molecule has 38 heavy (non-hydrogen) atoms. The summed E-state index contributed by atoms with van der Waals surface area (Å²) in [6.07, 6.45) is 1.38. The van der Waals surface area contributed by atoms with Gasteiger partial charge in [-0.25, -0.2) is 4.98 Å². The van der Waals surface area contributed by atoms with Crippen LogP contribution in [0.3, 0.4) is 0 Å². The molecule has 0 aliphatic carbocycles. The molecule has 5 aromatic rings. The minimum Gasteiger partial charge on any atom is -0.503 e. The number of amides is 1. The Balaban J connectivity index is 1.43. The second-order valence-electron chi connectivity index (χ2n) is 8.96. The fourth-order valence-electron chi connectivity index (χ4n) is 4.53. The second kappa shape index (κ2) is 9.64. The summed E-state index contributed by atoms with van der Waals surface area (Å²) in [5.41, 5.74) is 3.33. The molecule has 6 rings (SSSR count). The predicted octanol–water partition coefficient (Wildman–Crippen LogP) is 6.56. The Labute approximate surface area is 222 Å². The fraction of sp³-hybridized carbons (Fsp3) is 0.100. The molecule has 0 saturated carbocycles. The predicted molar refractivity (Wildman–Crippen MR) is 144 cm³/mol. The van der Waals surface area contributed by atoms with Gasteiger partial charge in [-0.05, 0) is 60.0 Å². The number of aromatic nitrogens is 1. The number of aliphatic hydroxyl groups is 1. The molecule has 0 radical (unpaired) electrons. The highest BCUT2D eigenvalue weighted by Gasteiger charge is 2.46. The van der Waals surface area contributed by atoms with E-state index in [1.807, 2.05) is 61.5 Å². The molecule has 1 atom stereocenters. The van der Waals surface area contributed by atoms with Crippen LogP contribution in [0.4, 0.5) is 5.13 Å². The number of nitrogens with zero attached hydrogens (tertiary/aromatic N) is 2. The van der Waals surface area contributed by atoms with Crippen LogP contribution in [-0.2, 0) is 11.4 Å². The number of thiazole rings is 1. The Bertz CT molecular complexity index is 1690. The number of aryl methyl sites for hydroxylation is 1. The molecule has 188 valence electrons. The highest BCUT2D eigenvalue weighted by molar-refractivity contribution is 7.22. The number of hydrogen-bond acceptors (Lipinski definition) is 7. The Morgan fingerprint density at radius 3 is 2.68 bits per heavy atom. The second-order valence-corrected chi connectivity index (χ2v) is 9.97. The number of ether oxygens (including phenoxy) is 1. The SMILES string of the molecule is Cc1ccc2nc(N3C(=O)C(O)=C(C(=O)c4ccco4)C3c3cccc(OCc4ccccc4)c3)sc2c1. The summed E-state index contributed by atoms with van der Waals surface area (Å²) < 4.78 is 12.2. The van der Waals surface area contributed by atoms with Crippen LogP contribution in [-0.4, -0.2) is 21.8 Å². The molecule has 3 aromatic carbocycles. The molecule has 0 spiro atoms. The number of carbonyl (C=O) groups excluding carboxylic acids is 2. The molecule has 0 fully saturated rings. The maximum Gasteiger partial charge on any atom is 0.296 e. The lowest BCUT2D eigenvalue weighted by molar-refractivity contribution is -0.117. The summed E-state index contributed by atoms with van der Waals surface area (Å²) in [6, 6.07) is 24.9. The van der Waals surface area contributed by atoms with Crippen LogP contribution in [0.2, 0.25) is 0 Å². The van der Waals surface area contributed by atoms with E-state index in [2.05, 4.69) is 4.98 Å². The van der Waals surface area contributed by atoms with Gasteiger partial charge in [0.25, 0.3) is 5.91 Å². The average Bonchev–Trinajstić information content (AvgIpc) is 3.67. The highest BCUT2D eigenvalue weighted by Crippen LogP contribution is 2.44. The van der Waals surface area contributed by atoms with Gasteiger partial charge in [-0.3, -0.25) is 14.5 Å². The van der Waals surface area contributed by atoms with E-state index >= 15 is 0 Å². The van der Waals surface area contributed by atoms with Crippen molar-refractivity contribution in [3.63, 3.8) is 0 Å². The zero-order valence-electron chi connectivity index (χ0n) is 20.3. The van der Waals surface area contributed by atoms with Crippen molar-refractivity contribution in [3.05, 3.63) is 125 Å². The number of rotatable bonds is 7. The monoisotopic (exact) mass is 522 g/mol. The van der Waals surface area contributed by atoms with Gasteiger partial charge < -0.3 is 14.3 Å². The van der Waals surface area contributed by atoms with Crippen LogP contribution < -0.4 is 9.64 Å². The standard InChI is InChI=1S/C30H22N2O5S/c1-18-12-13-22-24(15-18)38-30(31-22)32-26(25(28(34)29(32)35)27(33)23-11-6-14-36-23)20-9-5-10-21(16-20)37-17-19-7-3-2-4-8-19/h2-16,26,34H,17H2,1H3. The third-order valence-corrected chi connectivity index (χ3v) is 7.38. The number of benzene rings is 3. The normalized spacial score (nSPS) is 15.4. The largest absolute Gasteiger partial charge is 0.503 e. The van der Waals surface area contributed by atoms with E-state index in [1.54, 1.807) is 24.3 Å². The molecule has 1 unspecified atom stereocenters. The Hall–Kier alpha value is -4.69. The van der Waals surface area contributed by atoms with Gasteiger partial charge in [0.2, 0.25) is 5.78 Å². The van der Waals surface area contributed by atoms with Crippen LogP contribution in [0.15, 0.2) is 107 Å². The number of hydrogen-bond donors (Lipinski definition) is 1. The maximum absolute atomic E-state index is 13.5. The average molecular weight is 523 g/mol. The third kappa shape index (κ3) is 4.25. The number of aliphatic hydroxyl groups excluding tert-OH is 1. The fourth-order valence-corrected chi connectivity index (χ4v) is 5.62. The van der Waals surface area contributed by atoms with Crippen LogP contribution >= 0.6 is 11.3 Å². The van der Waals surface area contributed by atoms with Crippen LogP contribution in [0, 0.1) is 6.92 Å². The Morgan fingerprint density at radius 1 is 1.05 bits per heavy atom. The lowest BCUT2D eigenvalue weighted by Crippen LogP contribution is -2.31. The van der Waals surface area contributed by atoms with Crippen molar-refractivity contribution >= 4 is 38.4 Å². The van der Waals surface area contributed by atoms with E-state index in [0.29, 0.717) is 23.1 Å². The first kappa shape index (κ1) is 23.7. The van der Waals surface area contributed by atoms with Crippen molar-refractivity contribution in [1.29, 1.82) is 0 Å². The van der Waals surface area contributed by atoms with Crippen molar-refractivity contribution in [2.75, 3.05) is 4.90 Å². The Kier molecular flexibility index (Phi) is 6.01. The van der Waals surface area contributed by atoms with Crippen LogP contribution in [0.25, 0.3) is 10.2 Å². The van der Waals surface area contributed by atoms with Gasteiger partial charge in [-0.2, -0.15) is 0 Å². The first-order chi connectivity index (χ1) is 18.5. The molecule has 0 saturated heterocycles. The first-order valence-electron chi connectivity index (χ1n) is 12.0. The van der Waals surface area contributed by atoms with E-state index in [-0.39, 0.29) is 11.3 Å². The van der Waals surface area contributed by atoms with E-state index in [0.717, 1.165) is 21.3 Å². The van der Waals surface area contributed by atoms with Gasteiger partial charge in [0.1, 0.15) is 12.4 Å². The highest BCUT2D eigenvalue weighted by atomic mass is 32.1. The number of carbonyl (C=O) groups is 2. The molecule has 3 heterocycles. The van der Waals surface area contributed by atoms with Crippen molar-refractivity contribution in [3.8, 4) is 5.75 Å². The van der Waals surface area contributed by atoms with Crippen molar-refractivity contribution < 1.29 is 23.8 Å². The summed E-state index contributed by atoms with van der Waals surface area (Å²) in [6.45, 7) is 2.34. The number of anilines is 1. The maximum atomic E-state index is 13.5. The van der Waals surface area contributed by atoms with Crippen molar-refractivity contribution in [2.45, 2.75) is 19.6 Å². The third-order valence-electron chi connectivity index (χ3n) is 6.36. The lowest BCUT2D eigenvalue weighted by atomic mass is 9.95. The Morgan fingerprint density at radius 2 is 1.89 bits per heavy atom. The van der Waals surface area contributed by atoms with Gasteiger partial charge in [-0.1, -0.05) is 59.9 Å². The summed E-state index contributed by atoms with van der Waals surface area (Å²) in [7, 11) is 0. The van der Waals surface area contributed by atoms with E-state index in [9.17, 15) is 14.7 Å². The number of fused-ring (bicyclic) bond motifs is 1. The molecular formula is C30H22N2O5S. The molecule has 1 aliphatic rings. The molecule has 7 nitrogen and oxygen atoms in total. The van der Waals surface area contributed by atoms with Gasteiger partial charge >= 0.3 is 0 Å². The topological polar surface area (TPSA) is 92.9 Å². The molecule has 0 bridgehead atoms. The van der Waals surface area contributed by atoms with Crippen LogP contribution in [0.1, 0.15) is 33.3 Å². The van der Waals surface area contributed by atoms with Gasteiger partial charge in [0, 0.05) is 0 Å². The zero-order chi connectivity index (χ0) is 26.2. The quantitative estimate of drug-likeness (QED) is 0.243. The molecular weight excluding hydrogens is 500 g/mol.